The lowest BCUT2D eigenvalue weighted by molar-refractivity contribution is 0.0542. The lowest BCUT2D eigenvalue weighted by atomic mass is 10.2. The van der Waals surface area contributed by atoms with Crippen molar-refractivity contribution < 1.29 is 9.53 Å². The Morgan fingerprint density at radius 3 is 2.58 bits per heavy atom. The van der Waals surface area contributed by atoms with Gasteiger partial charge in [0.05, 0.1) is 12.2 Å². The second-order valence-corrected chi connectivity index (χ2v) is 3.68. The van der Waals surface area contributed by atoms with Crippen molar-refractivity contribution in [3.8, 4) is 0 Å². The first-order valence-electron chi connectivity index (χ1n) is 3.90. The molecule has 12 heavy (non-hydrogen) atoms. The minimum Gasteiger partial charge on any atom is -0.444 e. The van der Waals surface area contributed by atoms with Crippen LogP contribution < -0.4 is 10.6 Å². The molecule has 0 fully saturated rings. The van der Waals surface area contributed by atoms with E-state index in [9.17, 15) is 4.79 Å². The number of hydrogen-bond acceptors (Lipinski definition) is 3. The second-order valence-electron chi connectivity index (χ2n) is 3.68. The summed E-state index contributed by atoms with van der Waals surface area (Å²) in [5, 5.41) is 5.51. The van der Waals surface area contributed by atoms with Crippen LogP contribution in [-0.4, -0.2) is 18.2 Å². The van der Waals surface area contributed by atoms with Gasteiger partial charge in [0.1, 0.15) is 5.60 Å². The molecule has 4 heteroatoms. The highest BCUT2D eigenvalue weighted by Gasteiger charge is 2.17. The van der Waals surface area contributed by atoms with E-state index in [4.69, 9.17) is 4.74 Å². The van der Waals surface area contributed by atoms with Crippen molar-refractivity contribution in [1.82, 2.24) is 10.6 Å². The van der Waals surface area contributed by atoms with Crippen LogP contribution in [0.25, 0.3) is 0 Å². The van der Waals surface area contributed by atoms with Gasteiger partial charge in [0, 0.05) is 6.20 Å². The van der Waals surface area contributed by atoms with E-state index in [2.05, 4.69) is 10.6 Å². The number of carbonyl (C=O) groups is 1. The van der Waals surface area contributed by atoms with Crippen molar-refractivity contribution in [3.05, 3.63) is 11.9 Å². The van der Waals surface area contributed by atoms with Gasteiger partial charge < -0.3 is 10.1 Å². The molecule has 0 saturated heterocycles. The number of ether oxygens (including phenoxy) is 1. The molecule has 0 aromatic heterocycles. The first-order chi connectivity index (χ1) is 5.47. The van der Waals surface area contributed by atoms with Crippen LogP contribution in [-0.2, 0) is 4.74 Å². The van der Waals surface area contributed by atoms with Crippen LogP contribution in [0.1, 0.15) is 20.8 Å². The monoisotopic (exact) mass is 170 g/mol. The van der Waals surface area contributed by atoms with E-state index < -0.39 is 11.7 Å². The Labute approximate surface area is 72.0 Å². The van der Waals surface area contributed by atoms with Crippen LogP contribution in [0.3, 0.4) is 0 Å². The zero-order chi connectivity index (χ0) is 9.19. The molecular formula is C8H14N2O2. The standard InChI is InChI=1S/C8H14N2O2/c1-8(2,3)12-7(11)10-6-4-9-5-6/h4,9H,5H2,1-3H3,(H,10,11). The summed E-state index contributed by atoms with van der Waals surface area (Å²) in [6.45, 7) is 6.21. The van der Waals surface area contributed by atoms with Crippen molar-refractivity contribution in [2.24, 2.45) is 0 Å². The molecule has 0 unspecified atom stereocenters. The highest BCUT2D eigenvalue weighted by Crippen LogP contribution is 2.07. The van der Waals surface area contributed by atoms with E-state index in [0.717, 1.165) is 5.70 Å². The van der Waals surface area contributed by atoms with Gasteiger partial charge in [-0.25, -0.2) is 4.79 Å². The van der Waals surface area contributed by atoms with Crippen molar-refractivity contribution in [3.63, 3.8) is 0 Å². The molecule has 1 heterocycles. The molecule has 1 aliphatic heterocycles. The molecule has 1 aliphatic rings. The summed E-state index contributed by atoms with van der Waals surface area (Å²) < 4.78 is 5.03. The summed E-state index contributed by atoms with van der Waals surface area (Å²) in [5.74, 6) is 0. The Morgan fingerprint density at radius 1 is 1.67 bits per heavy atom. The number of alkyl carbamates (subject to hydrolysis) is 1. The fourth-order valence-corrected chi connectivity index (χ4v) is 0.719. The third-order valence-electron chi connectivity index (χ3n) is 1.23. The van der Waals surface area contributed by atoms with Gasteiger partial charge in [-0.1, -0.05) is 0 Å². The van der Waals surface area contributed by atoms with E-state index in [1.807, 2.05) is 20.8 Å². The molecule has 2 N–H and O–H groups in total. The Bertz CT molecular complexity index is 216. The number of amides is 1. The minimum atomic E-state index is -0.429. The van der Waals surface area contributed by atoms with Gasteiger partial charge in [0.25, 0.3) is 0 Å². The van der Waals surface area contributed by atoms with Crippen LogP contribution in [0.5, 0.6) is 0 Å². The van der Waals surface area contributed by atoms with Gasteiger partial charge in [-0.05, 0) is 20.8 Å². The molecule has 4 nitrogen and oxygen atoms in total. The number of carbonyl (C=O) groups excluding carboxylic acids is 1. The Kier molecular flexibility index (Phi) is 2.26. The fraction of sp³-hybridized carbons (Fsp3) is 0.625. The van der Waals surface area contributed by atoms with Gasteiger partial charge in [-0.15, -0.1) is 0 Å². The van der Waals surface area contributed by atoms with E-state index in [0.29, 0.717) is 6.54 Å². The first kappa shape index (κ1) is 8.90. The predicted molar refractivity (Wildman–Crippen MR) is 45.5 cm³/mol. The molecule has 1 amide bonds. The molecule has 0 saturated carbocycles. The lowest BCUT2D eigenvalue weighted by Gasteiger charge is -2.22. The van der Waals surface area contributed by atoms with Gasteiger partial charge in [-0.3, -0.25) is 5.32 Å². The molecule has 68 valence electrons. The predicted octanol–water partition coefficient (Wildman–Crippen LogP) is 0.956. The summed E-state index contributed by atoms with van der Waals surface area (Å²) in [6.07, 6.45) is 1.35. The fourth-order valence-electron chi connectivity index (χ4n) is 0.719. The first-order valence-corrected chi connectivity index (χ1v) is 3.90. The molecule has 0 atom stereocenters. The maximum Gasteiger partial charge on any atom is 0.411 e. The van der Waals surface area contributed by atoms with Crippen LogP contribution in [0, 0.1) is 0 Å². The normalized spacial score (nSPS) is 15.4. The minimum absolute atomic E-state index is 0.393. The molecule has 0 bridgehead atoms. The van der Waals surface area contributed by atoms with Crippen molar-refractivity contribution in [2.75, 3.05) is 6.54 Å². The number of hydrogen-bond donors (Lipinski definition) is 2. The molecule has 0 aliphatic carbocycles. The molecule has 0 aromatic rings. The molecule has 1 rings (SSSR count). The second kappa shape index (κ2) is 3.05. The quantitative estimate of drug-likeness (QED) is 0.616. The number of rotatable bonds is 1. The maximum atomic E-state index is 11.1. The summed E-state index contributed by atoms with van der Waals surface area (Å²) >= 11 is 0. The van der Waals surface area contributed by atoms with Gasteiger partial charge in [0.15, 0.2) is 0 Å². The Morgan fingerprint density at radius 2 is 2.25 bits per heavy atom. The topological polar surface area (TPSA) is 50.4 Å². The lowest BCUT2D eigenvalue weighted by Crippen LogP contribution is -2.38. The van der Waals surface area contributed by atoms with Crippen LogP contribution in [0.2, 0.25) is 0 Å². The molecule has 0 spiro atoms. The highest BCUT2D eigenvalue weighted by atomic mass is 16.6. The summed E-state index contributed by atoms with van der Waals surface area (Å²) in [7, 11) is 0. The maximum absolute atomic E-state index is 11.1. The highest BCUT2D eigenvalue weighted by molar-refractivity contribution is 5.70. The van der Waals surface area contributed by atoms with E-state index in [-0.39, 0.29) is 0 Å². The molecular weight excluding hydrogens is 156 g/mol. The van der Waals surface area contributed by atoms with Crippen LogP contribution in [0.4, 0.5) is 4.79 Å². The van der Waals surface area contributed by atoms with Crippen molar-refractivity contribution in [2.45, 2.75) is 26.4 Å². The van der Waals surface area contributed by atoms with Crippen molar-refractivity contribution >= 4 is 6.09 Å². The summed E-state index contributed by atoms with van der Waals surface area (Å²) in [5.41, 5.74) is 0.436. The number of nitrogens with one attached hydrogen (secondary N) is 2. The Hall–Kier alpha value is -1.19. The third kappa shape index (κ3) is 2.82. The Balaban J connectivity index is 2.29. The SMILES string of the molecule is CC(C)(C)OC(=O)NC1=CNC1. The zero-order valence-electron chi connectivity index (χ0n) is 7.60. The van der Waals surface area contributed by atoms with Crippen LogP contribution in [0.15, 0.2) is 11.9 Å². The zero-order valence-corrected chi connectivity index (χ0v) is 7.60. The average molecular weight is 170 g/mol. The van der Waals surface area contributed by atoms with Crippen LogP contribution >= 0.6 is 0 Å². The van der Waals surface area contributed by atoms with E-state index in [1.54, 1.807) is 6.20 Å². The summed E-state index contributed by atoms with van der Waals surface area (Å²) in [6, 6.07) is 0. The molecule has 0 aromatic carbocycles. The average Bonchev–Trinajstić information content (AvgIpc) is 1.74. The smallest absolute Gasteiger partial charge is 0.411 e. The van der Waals surface area contributed by atoms with Gasteiger partial charge in [0.2, 0.25) is 0 Å². The molecule has 0 radical (unpaired) electrons. The third-order valence-corrected chi connectivity index (χ3v) is 1.23. The largest absolute Gasteiger partial charge is 0.444 e. The van der Waals surface area contributed by atoms with Gasteiger partial charge >= 0.3 is 6.09 Å². The van der Waals surface area contributed by atoms with Gasteiger partial charge in [-0.2, -0.15) is 0 Å². The van der Waals surface area contributed by atoms with E-state index >= 15 is 0 Å². The summed E-state index contributed by atoms with van der Waals surface area (Å²) in [4.78, 5) is 11.1. The van der Waals surface area contributed by atoms with Crippen molar-refractivity contribution in [1.29, 1.82) is 0 Å². The van der Waals surface area contributed by atoms with E-state index in [1.165, 1.54) is 0 Å².